The van der Waals surface area contributed by atoms with Gasteiger partial charge >= 0.3 is 0 Å². The van der Waals surface area contributed by atoms with Crippen LogP contribution in [0.5, 0.6) is 0 Å². The van der Waals surface area contributed by atoms with Crippen molar-refractivity contribution in [3.05, 3.63) is 75.8 Å². The van der Waals surface area contributed by atoms with Crippen LogP contribution in [0.4, 0.5) is 5.69 Å². The van der Waals surface area contributed by atoms with E-state index >= 15 is 0 Å². The fourth-order valence-electron chi connectivity index (χ4n) is 2.71. The third-order valence-electron chi connectivity index (χ3n) is 4.03. The SMILES string of the molecule is Cc1nc(-c2cccc(NC(=O)Cn3cnc(-c4ccco4)cc3=O)c2)cs1. The molecular formula is C20H16N4O3S. The summed E-state index contributed by atoms with van der Waals surface area (Å²) in [6.45, 7) is 1.81. The first kappa shape index (κ1) is 17.9. The second kappa shape index (κ2) is 7.61. The molecule has 0 fully saturated rings. The molecule has 7 nitrogen and oxygen atoms in total. The number of anilines is 1. The normalized spacial score (nSPS) is 10.8. The number of thiazole rings is 1. The zero-order chi connectivity index (χ0) is 19.5. The second-order valence-corrected chi connectivity index (χ2v) is 7.16. The molecule has 0 spiro atoms. The van der Waals surface area contributed by atoms with E-state index in [0.29, 0.717) is 17.1 Å². The summed E-state index contributed by atoms with van der Waals surface area (Å²) in [5, 5.41) is 5.76. The number of aromatic nitrogens is 3. The summed E-state index contributed by atoms with van der Waals surface area (Å²) >= 11 is 1.57. The molecule has 1 N–H and O–H groups in total. The largest absolute Gasteiger partial charge is 0.463 e. The molecule has 0 unspecified atom stereocenters. The third-order valence-corrected chi connectivity index (χ3v) is 4.80. The minimum absolute atomic E-state index is 0.135. The molecule has 1 aromatic carbocycles. The summed E-state index contributed by atoms with van der Waals surface area (Å²) in [4.78, 5) is 33.3. The Morgan fingerprint density at radius 1 is 1.21 bits per heavy atom. The first-order chi connectivity index (χ1) is 13.6. The third kappa shape index (κ3) is 3.91. The predicted octanol–water partition coefficient (Wildman–Crippen LogP) is 3.57. The van der Waals surface area contributed by atoms with Crippen LogP contribution in [0.15, 0.2) is 69.6 Å². The summed E-state index contributed by atoms with van der Waals surface area (Å²) in [5.41, 5.74) is 2.53. The lowest BCUT2D eigenvalue weighted by atomic mass is 10.1. The number of aryl methyl sites for hydroxylation is 1. The van der Waals surface area contributed by atoms with Crippen molar-refractivity contribution >= 4 is 22.9 Å². The summed E-state index contributed by atoms with van der Waals surface area (Å²) < 4.78 is 6.47. The van der Waals surface area contributed by atoms with E-state index in [4.69, 9.17) is 4.42 Å². The minimum atomic E-state index is -0.330. The van der Waals surface area contributed by atoms with Crippen LogP contribution in [0.1, 0.15) is 5.01 Å². The van der Waals surface area contributed by atoms with Gasteiger partial charge in [-0.25, -0.2) is 9.97 Å². The average molecular weight is 392 g/mol. The van der Waals surface area contributed by atoms with E-state index in [2.05, 4.69) is 15.3 Å². The zero-order valence-electron chi connectivity index (χ0n) is 15.0. The van der Waals surface area contributed by atoms with Crippen molar-refractivity contribution in [3.63, 3.8) is 0 Å². The second-order valence-electron chi connectivity index (χ2n) is 6.10. The summed E-state index contributed by atoms with van der Waals surface area (Å²) in [7, 11) is 0. The van der Waals surface area contributed by atoms with Gasteiger partial charge in [0.15, 0.2) is 5.76 Å². The molecule has 0 atom stereocenters. The fraction of sp³-hybridized carbons (Fsp3) is 0.100. The van der Waals surface area contributed by atoms with E-state index in [1.165, 1.54) is 23.2 Å². The van der Waals surface area contributed by atoms with Crippen LogP contribution in [-0.4, -0.2) is 20.4 Å². The molecule has 4 rings (SSSR count). The fourth-order valence-corrected chi connectivity index (χ4v) is 3.33. The lowest BCUT2D eigenvalue weighted by molar-refractivity contribution is -0.116. The number of carbonyl (C=O) groups excluding carboxylic acids is 1. The molecule has 8 heteroatoms. The first-order valence-corrected chi connectivity index (χ1v) is 9.39. The Kier molecular flexibility index (Phi) is 4.86. The highest BCUT2D eigenvalue weighted by atomic mass is 32.1. The molecule has 1 amide bonds. The molecule has 140 valence electrons. The van der Waals surface area contributed by atoms with E-state index in [-0.39, 0.29) is 18.0 Å². The van der Waals surface area contributed by atoms with Crippen molar-refractivity contribution in [2.24, 2.45) is 0 Å². The molecule has 3 heterocycles. The molecule has 0 aliphatic rings. The van der Waals surface area contributed by atoms with Crippen molar-refractivity contribution in [2.45, 2.75) is 13.5 Å². The first-order valence-electron chi connectivity index (χ1n) is 8.51. The van der Waals surface area contributed by atoms with Gasteiger partial charge in [-0.2, -0.15) is 0 Å². The number of furan rings is 1. The van der Waals surface area contributed by atoms with E-state index < -0.39 is 0 Å². The van der Waals surface area contributed by atoms with Crippen LogP contribution in [0.2, 0.25) is 0 Å². The van der Waals surface area contributed by atoms with Gasteiger partial charge in [-0.3, -0.25) is 14.2 Å². The zero-order valence-corrected chi connectivity index (χ0v) is 15.8. The van der Waals surface area contributed by atoms with Crippen LogP contribution in [0, 0.1) is 6.92 Å². The van der Waals surface area contributed by atoms with Gasteiger partial charge in [-0.1, -0.05) is 12.1 Å². The molecule has 3 aromatic heterocycles. The Morgan fingerprint density at radius 2 is 2.11 bits per heavy atom. The summed E-state index contributed by atoms with van der Waals surface area (Å²) in [5.74, 6) is 0.184. The van der Waals surface area contributed by atoms with E-state index in [9.17, 15) is 9.59 Å². The molecule has 0 bridgehead atoms. The van der Waals surface area contributed by atoms with Crippen molar-refractivity contribution in [3.8, 4) is 22.7 Å². The summed E-state index contributed by atoms with van der Waals surface area (Å²) in [6, 6.07) is 12.2. The van der Waals surface area contributed by atoms with E-state index in [1.54, 1.807) is 29.5 Å². The van der Waals surface area contributed by atoms with Gasteiger partial charge in [0.1, 0.15) is 12.2 Å². The van der Waals surface area contributed by atoms with Gasteiger partial charge in [-0.05, 0) is 31.2 Å². The smallest absolute Gasteiger partial charge is 0.254 e. The number of hydrogen-bond acceptors (Lipinski definition) is 6. The maximum Gasteiger partial charge on any atom is 0.254 e. The van der Waals surface area contributed by atoms with Gasteiger partial charge < -0.3 is 9.73 Å². The van der Waals surface area contributed by atoms with Crippen molar-refractivity contribution < 1.29 is 9.21 Å². The van der Waals surface area contributed by atoms with Crippen LogP contribution in [0.3, 0.4) is 0 Å². The van der Waals surface area contributed by atoms with Gasteiger partial charge in [0.2, 0.25) is 5.91 Å². The van der Waals surface area contributed by atoms with Crippen LogP contribution >= 0.6 is 11.3 Å². The minimum Gasteiger partial charge on any atom is -0.463 e. The highest BCUT2D eigenvalue weighted by Gasteiger charge is 2.10. The Bertz CT molecular complexity index is 1180. The van der Waals surface area contributed by atoms with Crippen molar-refractivity contribution in [1.29, 1.82) is 0 Å². The number of hydrogen-bond donors (Lipinski definition) is 1. The van der Waals surface area contributed by atoms with Crippen LogP contribution in [-0.2, 0) is 11.3 Å². The van der Waals surface area contributed by atoms with Gasteiger partial charge in [0.25, 0.3) is 5.56 Å². The van der Waals surface area contributed by atoms with E-state index in [1.807, 2.05) is 30.5 Å². The maximum absolute atomic E-state index is 12.4. The molecule has 0 saturated heterocycles. The molecule has 0 aliphatic heterocycles. The summed E-state index contributed by atoms with van der Waals surface area (Å²) in [6.07, 6.45) is 2.85. The van der Waals surface area contributed by atoms with Gasteiger partial charge in [-0.15, -0.1) is 11.3 Å². The molecular weight excluding hydrogens is 376 g/mol. The lowest BCUT2D eigenvalue weighted by Crippen LogP contribution is -2.27. The molecule has 4 aromatic rings. The number of benzene rings is 1. The molecule has 0 radical (unpaired) electrons. The Balaban J connectivity index is 1.47. The number of nitrogens with zero attached hydrogens (tertiary/aromatic N) is 3. The van der Waals surface area contributed by atoms with Crippen molar-refractivity contribution in [1.82, 2.24) is 14.5 Å². The number of amides is 1. The van der Waals surface area contributed by atoms with Gasteiger partial charge in [0, 0.05) is 22.7 Å². The topological polar surface area (TPSA) is 90.0 Å². The number of carbonyl (C=O) groups is 1. The number of nitrogens with one attached hydrogen (secondary N) is 1. The van der Waals surface area contributed by atoms with Crippen LogP contribution in [0.25, 0.3) is 22.7 Å². The predicted molar refractivity (Wildman–Crippen MR) is 107 cm³/mol. The molecule has 0 saturated carbocycles. The Hall–Kier alpha value is -3.52. The Morgan fingerprint density at radius 3 is 2.82 bits per heavy atom. The monoisotopic (exact) mass is 392 g/mol. The molecule has 28 heavy (non-hydrogen) atoms. The quantitative estimate of drug-likeness (QED) is 0.561. The average Bonchev–Trinajstić information content (AvgIpc) is 3.35. The molecule has 0 aliphatic carbocycles. The Labute approximate surface area is 164 Å². The maximum atomic E-state index is 12.4. The van der Waals surface area contributed by atoms with Crippen molar-refractivity contribution in [2.75, 3.05) is 5.32 Å². The highest BCUT2D eigenvalue weighted by Crippen LogP contribution is 2.24. The number of rotatable bonds is 5. The van der Waals surface area contributed by atoms with E-state index in [0.717, 1.165) is 16.3 Å². The van der Waals surface area contributed by atoms with Gasteiger partial charge in [0.05, 0.1) is 23.3 Å². The van der Waals surface area contributed by atoms with Crippen LogP contribution < -0.4 is 10.9 Å². The standard InChI is InChI=1S/C20H16N4O3S/c1-13-22-17(11-28-13)14-4-2-5-15(8-14)23-19(25)10-24-12-21-16(9-20(24)26)18-6-3-7-27-18/h2-9,11-12H,10H2,1H3,(H,23,25). The highest BCUT2D eigenvalue weighted by molar-refractivity contribution is 7.09. The lowest BCUT2D eigenvalue weighted by Gasteiger charge is -2.08.